The van der Waals surface area contributed by atoms with Crippen LogP contribution in [-0.4, -0.2) is 19.1 Å². The third-order valence-corrected chi connectivity index (χ3v) is 3.08. The van der Waals surface area contributed by atoms with E-state index in [0.29, 0.717) is 0 Å². The predicted molar refractivity (Wildman–Crippen MR) is 72.6 cm³/mol. The first-order valence-electron chi connectivity index (χ1n) is 5.30. The number of hydrogen-bond acceptors (Lipinski definition) is 3. The molecule has 3 N–H and O–H groups in total. The zero-order chi connectivity index (χ0) is 14.6. The normalized spacial score (nSPS) is 12.4. The first-order valence-corrected chi connectivity index (χ1v) is 6.47. The molecular weight excluding hydrogens is 345 g/mol. The van der Waals surface area contributed by atoms with Crippen LogP contribution < -0.4 is 15.8 Å². The van der Waals surface area contributed by atoms with Gasteiger partial charge in [0.05, 0.1) is 10.2 Å². The molecule has 106 valence electrons. The summed E-state index contributed by atoms with van der Waals surface area (Å²) in [5.41, 5.74) is 5.42. The van der Waals surface area contributed by atoms with Crippen LogP contribution in [0.4, 0.5) is 14.5 Å². The van der Waals surface area contributed by atoms with Gasteiger partial charge in [0.1, 0.15) is 0 Å². The molecule has 0 aliphatic heterocycles. The van der Waals surface area contributed by atoms with E-state index in [1.54, 1.807) is 6.92 Å². The molecule has 0 aliphatic rings. The highest BCUT2D eigenvalue weighted by atomic mass is 79.9. The lowest BCUT2D eigenvalue weighted by molar-refractivity contribution is -0.119. The number of halogens is 4. The summed E-state index contributed by atoms with van der Waals surface area (Å²) in [5.74, 6) is -1.05. The van der Waals surface area contributed by atoms with Crippen molar-refractivity contribution in [2.45, 2.75) is 13.5 Å². The summed E-state index contributed by atoms with van der Waals surface area (Å²) < 4.78 is 29.2. The van der Waals surface area contributed by atoms with Gasteiger partial charge in [-0.1, -0.05) is 18.5 Å². The van der Waals surface area contributed by atoms with E-state index in [0.717, 1.165) is 0 Å². The zero-order valence-electron chi connectivity index (χ0n) is 9.92. The maximum Gasteiger partial charge on any atom is 0.387 e. The molecule has 0 radical (unpaired) electrons. The fourth-order valence-electron chi connectivity index (χ4n) is 1.23. The predicted octanol–water partition coefficient (Wildman–Crippen LogP) is 3.24. The summed E-state index contributed by atoms with van der Waals surface area (Å²) >= 11 is 8.86. The average molecular weight is 358 g/mol. The number of amides is 1. The summed E-state index contributed by atoms with van der Waals surface area (Å²) in [4.78, 5) is 11.7. The fourth-order valence-corrected chi connectivity index (χ4v) is 2.13. The van der Waals surface area contributed by atoms with Gasteiger partial charge in [-0.05, 0) is 28.1 Å². The van der Waals surface area contributed by atoms with Crippen LogP contribution in [0, 0.1) is 5.92 Å². The van der Waals surface area contributed by atoms with Crippen molar-refractivity contribution in [2.75, 3.05) is 11.9 Å². The maximum atomic E-state index is 12.3. The Labute approximate surface area is 122 Å². The molecule has 1 amide bonds. The first-order chi connectivity index (χ1) is 8.85. The molecule has 0 saturated heterocycles. The van der Waals surface area contributed by atoms with Crippen LogP contribution in [0.25, 0.3) is 0 Å². The smallest absolute Gasteiger partial charge is 0.387 e. The van der Waals surface area contributed by atoms with E-state index >= 15 is 0 Å². The topological polar surface area (TPSA) is 64.4 Å². The highest BCUT2D eigenvalue weighted by Gasteiger charge is 2.18. The molecule has 1 rings (SSSR count). The quantitative estimate of drug-likeness (QED) is 0.850. The number of carbonyl (C=O) groups is 1. The Morgan fingerprint density at radius 1 is 1.58 bits per heavy atom. The fraction of sp³-hybridized carbons (Fsp3) is 0.364. The van der Waals surface area contributed by atoms with Gasteiger partial charge in [0.15, 0.2) is 5.75 Å². The Kier molecular flexibility index (Phi) is 5.96. The molecule has 8 heteroatoms. The number of benzene rings is 1. The van der Waals surface area contributed by atoms with Crippen LogP contribution in [0.2, 0.25) is 5.02 Å². The van der Waals surface area contributed by atoms with Crippen LogP contribution in [-0.2, 0) is 4.79 Å². The van der Waals surface area contributed by atoms with Crippen molar-refractivity contribution in [3.8, 4) is 5.75 Å². The lowest BCUT2D eigenvalue weighted by atomic mass is 10.1. The molecule has 0 bridgehead atoms. The van der Waals surface area contributed by atoms with Crippen LogP contribution in [0.1, 0.15) is 6.92 Å². The second-order valence-corrected chi connectivity index (χ2v) is 5.06. The Balaban J connectivity index is 3.07. The summed E-state index contributed by atoms with van der Waals surface area (Å²) in [5, 5.41) is 2.72. The lowest BCUT2D eigenvalue weighted by Gasteiger charge is -2.16. The van der Waals surface area contributed by atoms with Gasteiger partial charge in [-0.3, -0.25) is 4.79 Å². The Bertz CT molecular complexity index is 474. The van der Waals surface area contributed by atoms with Crippen molar-refractivity contribution in [1.29, 1.82) is 0 Å². The van der Waals surface area contributed by atoms with Gasteiger partial charge in [-0.15, -0.1) is 0 Å². The minimum absolute atomic E-state index is 0.0602. The van der Waals surface area contributed by atoms with Gasteiger partial charge >= 0.3 is 6.61 Å². The molecule has 1 aromatic rings. The molecule has 0 saturated carbocycles. The molecule has 0 fully saturated rings. The van der Waals surface area contributed by atoms with Gasteiger partial charge in [0.25, 0.3) is 0 Å². The van der Waals surface area contributed by atoms with Gasteiger partial charge in [0, 0.05) is 17.5 Å². The largest absolute Gasteiger partial charge is 0.431 e. The van der Waals surface area contributed by atoms with Crippen LogP contribution in [0.5, 0.6) is 5.75 Å². The summed E-state index contributed by atoms with van der Waals surface area (Å²) in [6.07, 6.45) is 0. The minimum Gasteiger partial charge on any atom is -0.431 e. The zero-order valence-corrected chi connectivity index (χ0v) is 12.3. The van der Waals surface area contributed by atoms with E-state index in [2.05, 4.69) is 26.0 Å². The number of anilines is 1. The molecule has 1 unspecified atom stereocenters. The van der Waals surface area contributed by atoms with Gasteiger partial charge < -0.3 is 15.8 Å². The molecule has 4 nitrogen and oxygen atoms in total. The first kappa shape index (κ1) is 16.1. The molecule has 1 aromatic carbocycles. The second kappa shape index (κ2) is 7.02. The SMILES string of the molecule is CC(CN)C(=O)Nc1cc(Cl)cc(Br)c1OC(F)F. The van der Waals surface area contributed by atoms with E-state index in [4.69, 9.17) is 17.3 Å². The second-order valence-electron chi connectivity index (χ2n) is 3.77. The van der Waals surface area contributed by atoms with Gasteiger partial charge in [-0.25, -0.2) is 0 Å². The van der Waals surface area contributed by atoms with Crippen molar-refractivity contribution in [1.82, 2.24) is 0 Å². The van der Waals surface area contributed by atoms with E-state index in [1.807, 2.05) is 0 Å². The van der Waals surface area contributed by atoms with Crippen LogP contribution >= 0.6 is 27.5 Å². The molecule has 19 heavy (non-hydrogen) atoms. The molecular formula is C11H12BrClF2N2O2. The van der Waals surface area contributed by atoms with Crippen LogP contribution in [0.15, 0.2) is 16.6 Å². The van der Waals surface area contributed by atoms with Crippen molar-refractivity contribution < 1.29 is 18.3 Å². The van der Waals surface area contributed by atoms with E-state index in [1.165, 1.54) is 12.1 Å². The third-order valence-electron chi connectivity index (χ3n) is 2.27. The Hall–Kier alpha value is -0.920. The average Bonchev–Trinajstić information content (AvgIpc) is 2.32. The summed E-state index contributed by atoms with van der Waals surface area (Å²) in [7, 11) is 0. The molecule has 0 aliphatic carbocycles. The Morgan fingerprint density at radius 2 is 2.21 bits per heavy atom. The summed E-state index contributed by atoms with van der Waals surface area (Å²) in [6.45, 7) is -1.26. The number of nitrogens with one attached hydrogen (secondary N) is 1. The minimum atomic E-state index is -3.01. The van der Waals surface area contributed by atoms with Crippen molar-refractivity contribution in [3.63, 3.8) is 0 Å². The van der Waals surface area contributed by atoms with Crippen molar-refractivity contribution in [2.24, 2.45) is 11.7 Å². The number of alkyl halides is 2. The highest BCUT2D eigenvalue weighted by Crippen LogP contribution is 2.37. The number of carbonyl (C=O) groups excluding carboxylic acids is 1. The monoisotopic (exact) mass is 356 g/mol. The van der Waals surface area contributed by atoms with E-state index < -0.39 is 18.4 Å². The third kappa shape index (κ3) is 4.59. The highest BCUT2D eigenvalue weighted by molar-refractivity contribution is 9.10. The Morgan fingerprint density at radius 3 is 2.74 bits per heavy atom. The molecule has 0 spiro atoms. The molecule has 1 atom stereocenters. The number of hydrogen-bond donors (Lipinski definition) is 2. The molecule has 0 aromatic heterocycles. The van der Waals surface area contributed by atoms with Crippen LogP contribution in [0.3, 0.4) is 0 Å². The number of rotatable bonds is 5. The van der Waals surface area contributed by atoms with Crippen molar-refractivity contribution >= 4 is 39.1 Å². The van der Waals surface area contributed by atoms with E-state index in [9.17, 15) is 13.6 Å². The van der Waals surface area contributed by atoms with Gasteiger partial charge in [0.2, 0.25) is 5.91 Å². The maximum absolute atomic E-state index is 12.3. The molecule has 0 heterocycles. The number of nitrogens with two attached hydrogens (primary N) is 1. The van der Waals surface area contributed by atoms with E-state index in [-0.39, 0.29) is 27.5 Å². The van der Waals surface area contributed by atoms with Gasteiger partial charge in [-0.2, -0.15) is 8.78 Å². The summed E-state index contributed by atoms with van der Waals surface area (Å²) in [6, 6.07) is 2.71. The number of ether oxygens (including phenoxy) is 1. The standard InChI is InChI=1S/C11H12BrClF2N2O2/c1-5(4-16)10(18)17-8-3-6(13)2-7(12)9(8)19-11(14)15/h2-3,5,11H,4,16H2,1H3,(H,17,18). The van der Waals surface area contributed by atoms with Crippen molar-refractivity contribution in [3.05, 3.63) is 21.6 Å². The lowest BCUT2D eigenvalue weighted by Crippen LogP contribution is -2.27.